The van der Waals surface area contributed by atoms with E-state index in [0.29, 0.717) is 24.2 Å². The smallest absolute Gasteiger partial charge is 0.303 e. The Hall–Kier alpha value is -0.830. The number of carboxylic acid groups (broad SMARTS) is 1. The zero-order chi connectivity index (χ0) is 10.4. The molecule has 1 heterocycles. The van der Waals surface area contributed by atoms with Crippen molar-refractivity contribution in [3.8, 4) is 0 Å². The highest BCUT2D eigenvalue weighted by molar-refractivity contribution is 5.67. The number of fused-ring (bicyclic) bond motifs is 1. The molecular weight excluding hydrogens is 192 g/mol. The van der Waals surface area contributed by atoms with Crippen molar-refractivity contribution in [3.63, 3.8) is 0 Å². The van der Waals surface area contributed by atoms with E-state index in [1.165, 1.54) is 6.42 Å². The molecule has 2 fully saturated rings. The summed E-state index contributed by atoms with van der Waals surface area (Å²) >= 11 is 0. The first-order chi connectivity index (χ1) is 7.24. The predicted octanol–water partition coefficient (Wildman–Crippen LogP) is 1.69. The van der Waals surface area contributed by atoms with Gasteiger partial charge >= 0.3 is 5.97 Å². The van der Waals surface area contributed by atoms with Crippen LogP contribution in [-0.2, 0) is 9.53 Å². The summed E-state index contributed by atoms with van der Waals surface area (Å²) in [5, 5.41) is 8.76. The fourth-order valence-corrected chi connectivity index (χ4v) is 3.20. The summed E-state index contributed by atoms with van der Waals surface area (Å²) < 4.78 is 5.19. The van der Waals surface area contributed by atoms with Gasteiger partial charge in [-0.15, -0.1) is 0 Å². The molecule has 82 valence electrons. The number of carboxylic acids is 1. The molecule has 3 rings (SSSR count). The molecule has 3 unspecified atom stereocenters. The Morgan fingerprint density at radius 2 is 2.33 bits per heavy atom. The molecule has 15 heavy (non-hydrogen) atoms. The molecule has 1 saturated carbocycles. The lowest BCUT2D eigenvalue weighted by molar-refractivity contribution is -0.139. The lowest BCUT2D eigenvalue weighted by Gasteiger charge is -2.39. The molecule has 1 saturated heterocycles. The van der Waals surface area contributed by atoms with Crippen LogP contribution in [0.3, 0.4) is 0 Å². The van der Waals surface area contributed by atoms with Gasteiger partial charge in [-0.25, -0.2) is 0 Å². The lowest BCUT2D eigenvalue weighted by atomic mass is 9.65. The molecule has 0 bridgehead atoms. The molecule has 0 aromatic carbocycles. The van der Waals surface area contributed by atoms with Crippen LogP contribution in [0.5, 0.6) is 0 Å². The molecule has 2 aliphatic carbocycles. The predicted molar refractivity (Wildman–Crippen MR) is 54.3 cm³/mol. The van der Waals surface area contributed by atoms with Crippen LogP contribution in [0.15, 0.2) is 11.6 Å². The molecule has 3 nitrogen and oxygen atoms in total. The third-order valence-electron chi connectivity index (χ3n) is 4.20. The Morgan fingerprint density at radius 3 is 2.93 bits per heavy atom. The first-order valence-electron chi connectivity index (χ1n) is 5.74. The zero-order valence-corrected chi connectivity index (χ0v) is 8.69. The van der Waals surface area contributed by atoms with Crippen molar-refractivity contribution in [3.05, 3.63) is 11.6 Å². The normalized spacial score (nSPS) is 38.9. The van der Waals surface area contributed by atoms with Crippen molar-refractivity contribution in [2.75, 3.05) is 13.2 Å². The van der Waals surface area contributed by atoms with Crippen LogP contribution in [0.1, 0.15) is 19.3 Å². The van der Waals surface area contributed by atoms with Crippen molar-refractivity contribution >= 4 is 5.97 Å². The summed E-state index contributed by atoms with van der Waals surface area (Å²) in [5.74, 6) is 1.74. The van der Waals surface area contributed by atoms with Crippen LogP contribution in [0, 0.1) is 23.7 Å². The molecule has 1 N–H and O–H groups in total. The van der Waals surface area contributed by atoms with E-state index in [9.17, 15) is 4.79 Å². The number of rotatable bonds is 3. The topological polar surface area (TPSA) is 46.5 Å². The molecule has 0 aromatic rings. The highest BCUT2D eigenvalue weighted by Crippen LogP contribution is 2.53. The SMILES string of the molecule is O=C(O)CC1CC2CC(C3COC3)=CC12. The fourth-order valence-electron chi connectivity index (χ4n) is 3.20. The average molecular weight is 208 g/mol. The van der Waals surface area contributed by atoms with E-state index < -0.39 is 5.97 Å². The quantitative estimate of drug-likeness (QED) is 0.718. The van der Waals surface area contributed by atoms with Crippen LogP contribution < -0.4 is 0 Å². The molecular formula is C12H16O3. The monoisotopic (exact) mass is 208 g/mol. The van der Waals surface area contributed by atoms with Crippen molar-refractivity contribution in [2.45, 2.75) is 19.3 Å². The van der Waals surface area contributed by atoms with Gasteiger partial charge in [0.15, 0.2) is 0 Å². The lowest BCUT2D eigenvalue weighted by Crippen LogP contribution is -2.34. The van der Waals surface area contributed by atoms with E-state index in [0.717, 1.165) is 25.6 Å². The molecule has 3 heteroatoms. The van der Waals surface area contributed by atoms with Crippen LogP contribution in [0.4, 0.5) is 0 Å². The second kappa shape index (κ2) is 3.34. The largest absolute Gasteiger partial charge is 0.481 e. The van der Waals surface area contributed by atoms with Crippen LogP contribution >= 0.6 is 0 Å². The van der Waals surface area contributed by atoms with Crippen molar-refractivity contribution < 1.29 is 14.6 Å². The Kier molecular flexibility index (Phi) is 2.09. The minimum atomic E-state index is -0.646. The van der Waals surface area contributed by atoms with E-state index >= 15 is 0 Å². The second-order valence-corrected chi connectivity index (χ2v) is 5.11. The molecule has 0 amide bonds. The van der Waals surface area contributed by atoms with Crippen molar-refractivity contribution in [1.82, 2.24) is 0 Å². The Balaban J connectivity index is 1.63. The minimum Gasteiger partial charge on any atom is -0.481 e. The Labute approximate surface area is 89.1 Å². The van der Waals surface area contributed by atoms with Crippen LogP contribution in [-0.4, -0.2) is 24.3 Å². The number of hydrogen-bond donors (Lipinski definition) is 1. The van der Waals surface area contributed by atoms with E-state index in [1.807, 2.05) is 0 Å². The number of hydrogen-bond acceptors (Lipinski definition) is 2. The molecule has 1 aliphatic heterocycles. The van der Waals surface area contributed by atoms with E-state index in [2.05, 4.69) is 6.08 Å². The van der Waals surface area contributed by atoms with Gasteiger partial charge in [-0.3, -0.25) is 4.79 Å². The summed E-state index contributed by atoms with van der Waals surface area (Å²) in [6.07, 6.45) is 5.03. The third kappa shape index (κ3) is 1.49. The number of ether oxygens (including phenoxy) is 1. The summed E-state index contributed by atoms with van der Waals surface area (Å²) in [6.45, 7) is 1.77. The van der Waals surface area contributed by atoms with Gasteiger partial charge in [0.2, 0.25) is 0 Å². The summed E-state index contributed by atoms with van der Waals surface area (Å²) in [6, 6.07) is 0. The highest BCUT2D eigenvalue weighted by atomic mass is 16.5. The van der Waals surface area contributed by atoms with Crippen molar-refractivity contribution in [1.29, 1.82) is 0 Å². The van der Waals surface area contributed by atoms with Gasteiger partial charge in [-0.05, 0) is 30.6 Å². The maximum absolute atomic E-state index is 10.6. The van der Waals surface area contributed by atoms with Gasteiger partial charge < -0.3 is 9.84 Å². The van der Waals surface area contributed by atoms with Gasteiger partial charge in [0.1, 0.15) is 0 Å². The summed E-state index contributed by atoms with van der Waals surface area (Å²) in [5.41, 5.74) is 1.55. The van der Waals surface area contributed by atoms with Crippen molar-refractivity contribution in [2.24, 2.45) is 23.7 Å². The molecule has 0 spiro atoms. The fraction of sp³-hybridized carbons (Fsp3) is 0.750. The van der Waals surface area contributed by atoms with E-state index in [4.69, 9.17) is 9.84 Å². The van der Waals surface area contributed by atoms with E-state index in [1.54, 1.807) is 5.57 Å². The summed E-state index contributed by atoms with van der Waals surface area (Å²) in [4.78, 5) is 10.6. The molecule has 3 aliphatic rings. The first-order valence-corrected chi connectivity index (χ1v) is 5.74. The Bertz CT molecular complexity index is 317. The standard InChI is InChI=1S/C12H16O3/c13-12(14)4-9-2-8-1-7(3-11(8)9)10-5-15-6-10/h3,8-11H,1-2,4-6H2,(H,13,14). The van der Waals surface area contributed by atoms with Gasteiger partial charge in [0.05, 0.1) is 13.2 Å². The minimum absolute atomic E-state index is 0.353. The Morgan fingerprint density at radius 1 is 1.53 bits per heavy atom. The van der Waals surface area contributed by atoms with Gasteiger partial charge in [0.25, 0.3) is 0 Å². The number of aliphatic carboxylic acids is 1. The van der Waals surface area contributed by atoms with E-state index in [-0.39, 0.29) is 0 Å². The van der Waals surface area contributed by atoms with Gasteiger partial charge in [-0.1, -0.05) is 11.6 Å². The first kappa shape index (κ1) is 9.40. The second-order valence-electron chi connectivity index (χ2n) is 5.11. The average Bonchev–Trinajstić information content (AvgIpc) is 2.37. The molecule has 0 radical (unpaired) electrons. The number of allylic oxidation sites excluding steroid dienone is 1. The third-order valence-corrected chi connectivity index (χ3v) is 4.20. The highest BCUT2D eigenvalue weighted by Gasteiger charge is 2.45. The summed E-state index contributed by atoms with van der Waals surface area (Å²) in [7, 11) is 0. The maximum atomic E-state index is 10.6. The van der Waals surface area contributed by atoms with Gasteiger partial charge in [0, 0.05) is 12.3 Å². The van der Waals surface area contributed by atoms with Crippen LogP contribution in [0.25, 0.3) is 0 Å². The maximum Gasteiger partial charge on any atom is 0.303 e. The number of carbonyl (C=O) groups is 1. The zero-order valence-electron chi connectivity index (χ0n) is 8.69. The molecule has 0 aromatic heterocycles. The van der Waals surface area contributed by atoms with Crippen LogP contribution in [0.2, 0.25) is 0 Å². The molecule has 3 atom stereocenters. The van der Waals surface area contributed by atoms with Gasteiger partial charge in [-0.2, -0.15) is 0 Å².